The number of rotatable bonds is 6. The third-order valence-corrected chi connectivity index (χ3v) is 5.13. The molecule has 0 atom stereocenters. The highest BCUT2D eigenvalue weighted by Gasteiger charge is 2.36. The van der Waals surface area contributed by atoms with Gasteiger partial charge in [-0.05, 0) is 12.1 Å². The first-order valence-corrected chi connectivity index (χ1v) is 8.72. The molecule has 0 radical (unpaired) electrons. The molecule has 0 fully saturated rings. The van der Waals surface area contributed by atoms with Gasteiger partial charge in [0, 0.05) is 5.75 Å². The van der Waals surface area contributed by atoms with Crippen molar-refractivity contribution in [3.8, 4) is 0 Å². The van der Waals surface area contributed by atoms with E-state index in [4.69, 9.17) is 0 Å². The summed E-state index contributed by atoms with van der Waals surface area (Å²) in [5.41, 5.74) is 0.628. The summed E-state index contributed by atoms with van der Waals surface area (Å²) < 4.78 is 0.700. The summed E-state index contributed by atoms with van der Waals surface area (Å²) in [6.45, 7) is 3.26. The molecule has 0 bridgehead atoms. The van der Waals surface area contributed by atoms with E-state index < -0.39 is 17.7 Å². The Morgan fingerprint density at radius 1 is 1.25 bits per heavy atom. The topological polar surface area (TPSA) is 92.3 Å². The van der Waals surface area contributed by atoms with Crippen LogP contribution < -0.4 is 5.32 Å². The number of fused-ring (bicyclic) bond motifs is 1. The number of aromatic nitrogens is 2. The average molecular weight is 360 g/mol. The Hall–Kier alpha value is -2.52. The summed E-state index contributed by atoms with van der Waals surface area (Å²) in [6, 6.07) is 6.50. The molecule has 1 aliphatic rings. The molecule has 0 saturated carbocycles. The SMILES string of the molecule is C=CCSc1nnc(NC(=O)CN2C(=O)c3ccccc3C2=O)s1. The minimum atomic E-state index is -0.499. The van der Waals surface area contributed by atoms with Crippen molar-refractivity contribution in [3.05, 3.63) is 48.0 Å². The van der Waals surface area contributed by atoms with Gasteiger partial charge < -0.3 is 0 Å². The lowest BCUT2D eigenvalue weighted by Crippen LogP contribution is -2.37. The van der Waals surface area contributed by atoms with Crippen LogP contribution >= 0.6 is 23.1 Å². The summed E-state index contributed by atoms with van der Waals surface area (Å²) >= 11 is 2.67. The van der Waals surface area contributed by atoms with Crippen LogP contribution in [0.1, 0.15) is 20.7 Å². The molecule has 1 N–H and O–H groups in total. The van der Waals surface area contributed by atoms with Crippen molar-refractivity contribution in [3.63, 3.8) is 0 Å². The van der Waals surface area contributed by atoms with E-state index in [1.807, 2.05) is 0 Å². The number of imide groups is 1. The van der Waals surface area contributed by atoms with Crippen molar-refractivity contribution in [2.45, 2.75) is 4.34 Å². The quantitative estimate of drug-likeness (QED) is 0.367. The Labute approximate surface area is 145 Å². The van der Waals surface area contributed by atoms with Crippen LogP contribution in [-0.4, -0.2) is 45.1 Å². The van der Waals surface area contributed by atoms with Crippen LogP contribution in [0.4, 0.5) is 5.13 Å². The van der Waals surface area contributed by atoms with Gasteiger partial charge in [0.05, 0.1) is 11.1 Å². The zero-order chi connectivity index (χ0) is 17.1. The third kappa shape index (κ3) is 3.22. The Kier molecular flexibility index (Phi) is 4.72. The molecule has 2 heterocycles. The van der Waals surface area contributed by atoms with Crippen LogP contribution in [0.5, 0.6) is 0 Å². The maximum atomic E-state index is 12.2. The molecule has 3 amide bonds. The van der Waals surface area contributed by atoms with E-state index >= 15 is 0 Å². The Morgan fingerprint density at radius 3 is 2.54 bits per heavy atom. The number of carbonyl (C=O) groups excluding carboxylic acids is 3. The minimum Gasteiger partial charge on any atom is -0.299 e. The van der Waals surface area contributed by atoms with E-state index in [0.717, 1.165) is 4.90 Å². The molecule has 1 aromatic carbocycles. The molecule has 0 spiro atoms. The Bertz CT molecular complexity index is 799. The van der Waals surface area contributed by atoms with E-state index in [1.54, 1.807) is 30.3 Å². The van der Waals surface area contributed by atoms with Crippen molar-refractivity contribution in [1.82, 2.24) is 15.1 Å². The summed E-state index contributed by atoms with van der Waals surface area (Å²) in [5.74, 6) is -0.742. The lowest BCUT2D eigenvalue weighted by atomic mass is 10.1. The van der Waals surface area contributed by atoms with E-state index in [2.05, 4.69) is 22.1 Å². The van der Waals surface area contributed by atoms with Gasteiger partial charge in [-0.25, -0.2) is 0 Å². The zero-order valence-electron chi connectivity index (χ0n) is 12.4. The van der Waals surface area contributed by atoms with Gasteiger partial charge in [-0.15, -0.1) is 16.8 Å². The second kappa shape index (κ2) is 6.93. The fourth-order valence-corrected chi connectivity index (χ4v) is 3.66. The molecular weight excluding hydrogens is 348 g/mol. The van der Waals surface area contributed by atoms with Crippen LogP contribution in [0.2, 0.25) is 0 Å². The number of benzene rings is 1. The van der Waals surface area contributed by atoms with Gasteiger partial charge in [-0.3, -0.25) is 24.6 Å². The van der Waals surface area contributed by atoms with Crippen LogP contribution in [0, 0.1) is 0 Å². The normalized spacial score (nSPS) is 13.1. The van der Waals surface area contributed by atoms with Crippen molar-refractivity contribution < 1.29 is 14.4 Å². The average Bonchev–Trinajstić information content (AvgIpc) is 3.12. The molecule has 1 aromatic heterocycles. The number of nitrogens with one attached hydrogen (secondary N) is 1. The largest absolute Gasteiger partial charge is 0.299 e. The summed E-state index contributed by atoms with van der Waals surface area (Å²) in [4.78, 5) is 37.4. The monoisotopic (exact) mass is 360 g/mol. The predicted molar refractivity (Wildman–Crippen MR) is 91.3 cm³/mol. The second-order valence-electron chi connectivity index (χ2n) is 4.76. The molecule has 122 valence electrons. The molecule has 3 rings (SSSR count). The van der Waals surface area contributed by atoms with Crippen LogP contribution in [0.3, 0.4) is 0 Å². The first-order chi connectivity index (χ1) is 11.6. The van der Waals surface area contributed by atoms with Crippen LogP contribution in [-0.2, 0) is 4.79 Å². The van der Waals surface area contributed by atoms with Gasteiger partial charge in [-0.1, -0.05) is 41.3 Å². The highest BCUT2D eigenvalue weighted by atomic mass is 32.2. The Morgan fingerprint density at radius 2 is 1.92 bits per heavy atom. The fourth-order valence-electron chi connectivity index (χ4n) is 2.13. The molecule has 0 unspecified atom stereocenters. The first kappa shape index (κ1) is 16.3. The van der Waals surface area contributed by atoms with Gasteiger partial charge in [0.25, 0.3) is 11.8 Å². The van der Waals surface area contributed by atoms with Crippen LogP contribution in [0.25, 0.3) is 0 Å². The molecule has 2 aromatic rings. The molecule has 0 saturated heterocycles. The third-order valence-electron chi connectivity index (χ3n) is 3.16. The van der Waals surface area contributed by atoms with Crippen molar-refractivity contribution in [1.29, 1.82) is 0 Å². The number of hydrogen-bond donors (Lipinski definition) is 1. The standard InChI is InChI=1S/C15H12N4O3S2/c1-2-7-23-15-18-17-14(24-15)16-11(20)8-19-12(21)9-5-3-4-6-10(9)13(19)22/h2-6H,1,7-8H2,(H,16,17,20). The van der Waals surface area contributed by atoms with Gasteiger partial charge >= 0.3 is 0 Å². The number of anilines is 1. The smallest absolute Gasteiger partial charge is 0.262 e. The zero-order valence-corrected chi connectivity index (χ0v) is 14.0. The molecule has 24 heavy (non-hydrogen) atoms. The van der Waals surface area contributed by atoms with E-state index in [-0.39, 0.29) is 6.54 Å². The number of carbonyl (C=O) groups is 3. The summed E-state index contributed by atoms with van der Waals surface area (Å²) in [6.07, 6.45) is 1.74. The van der Waals surface area contributed by atoms with Gasteiger partial charge in [0.15, 0.2) is 4.34 Å². The highest BCUT2D eigenvalue weighted by Crippen LogP contribution is 2.26. The lowest BCUT2D eigenvalue weighted by Gasteiger charge is -2.12. The lowest BCUT2D eigenvalue weighted by molar-refractivity contribution is -0.116. The van der Waals surface area contributed by atoms with Gasteiger partial charge in [0.1, 0.15) is 6.54 Å². The molecular formula is C15H12N4O3S2. The molecule has 9 heteroatoms. The molecule has 7 nitrogen and oxygen atoms in total. The summed E-state index contributed by atoms with van der Waals surface area (Å²) in [7, 11) is 0. The molecule has 0 aliphatic carbocycles. The maximum absolute atomic E-state index is 12.2. The number of nitrogens with zero attached hydrogens (tertiary/aromatic N) is 3. The van der Waals surface area contributed by atoms with E-state index in [0.29, 0.717) is 26.4 Å². The minimum absolute atomic E-state index is 0.314. The van der Waals surface area contributed by atoms with Crippen molar-refractivity contribution in [2.75, 3.05) is 17.6 Å². The van der Waals surface area contributed by atoms with Crippen molar-refractivity contribution >= 4 is 46.0 Å². The number of hydrogen-bond acceptors (Lipinski definition) is 7. The van der Waals surface area contributed by atoms with E-state index in [1.165, 1.54) is 23.1 Å². The summed E-state index contributed by atoms with van der Waals surface area (Å²) in [5, 5.41) is 10.7. The Balaban J connectivity index is 1.64. The first-order valence-electron chi connectivity index (χ1n) is 6.92. The molecule has 1 aliphatic heterocycles. The maximum Gasteiger partial charge on any atom is 0.262 e. The fraction of sp³-hybridized carbons (Fsp3) is 0.133. The highest BCUT2D eigenvalue weighted by molar-refractivity contribution is 8.01. The van der Waals surface area contributed by atoms with E-state index in [9.17, 15) is 14.4 Å². The number of amides is 3. The number of thioether (sulfide) groups is 1. The van der Waals surface area contributed by atoms with Gasteiger partial charge in [-0.2, -0.15) is 0 Å². The van der Waals surface area contributed by atoms with Crippen LogP contribution in [0.15, 0.2) is 41.3 Å². The second-order valence-corrected chi connectivity index (χ2v) is 7.01. The van der Waals surface area contributed by atoms with Crippen molar-refractivity contribution in [2.24, 2.45) is 0 Å². The van der Waals surface area contributed by atoms with Gasteiger partial charge in [0.2, 0.25) is 11.0 Å². The predicted octanol–water partition coefficient (Wildman–Crippen LogP) is 2.05.